The molecule has 0 bridgehead atoms. The van der Waals surface area contributed by atoms with Gasteiger partial charge < -0.3 is 5.32 Å². The Labute approximate surface area is 147 Å². The van der Waals surface area contributed by atoms with Gasteiger partial charge in [0.15, 0.2) is 0 Å². The highest BCUT2D eigenvalue weighted by atomic mass is 32.2. The predicted octanol–water partition coefficient (Wildman–Crippen LogP) is 1.57. The van der Waals surface area contributed by atoms with Gasteiger partial charge >= 0.3 is 6.03 Å². The second-order valence-corrected chi connectivity index (χ2v) is 6.75. The maximum absolute atomic E-state index is 12.3. The van der Waals surface area contributed by atoms with E-state index in [1.165, 1.54) is 23.5 Å². The zero-order chi connectivity index (χ0) is 17.1. The van der Waals surface area contributed by atoms with Crippen molar-refractivity contribution >= 4 is 47.1 Å². The summed E-state index contributed by atoms with van der Waals surface area (Å²) in [5.74, 6) is -0.578. The van der Waals surface area contributed by atoms with Crippen LogP contribution in [0.15, 0.2) is 39.8 Å². The first-order valence-corrected chi connectivity index (χ1v) is 9.31. The fourth-order valence-corrected chi connectivity index (χ4v) is 3.78. The molecule has 9 heteroatoms. The molecule has 0 spiro atoms. The van der Waals surface area contributed by atoms with Crippen molar-refractivity contribution in [2.24, 2.45) is 4.99 Å². The fraction of sp³-hybridized carbons (Fsp3) is 0.267. The van der Waals surface area contributed by atoms with Crippen molar-refractivity contribution in [1.29, 1.82) is 0 Å². The first-order valence-electron chi connectivity index (χ1n) is 7.15. The number of rotatable bonds is 5. The molecule has 0 aromatic carbocycles. The molecule has 124 valence electrons. The van der Waals surface area contributed by atoms with Crippen molar-refractivity contribution in [2.45, 2.75) is 10.3 Å². The maximum Gasteiger partial charge on any atom is 0.350 e. The molecule has 1 aromatic rings. The van der Waals surface area contributed by atoms with E-state index >= 15 is 0 Å². The third kappa shape index (κ3) is 3.22. The Morgan fingerprint density at radius 1 is 1.46 bits per heavy atom. The molecule has 3 rings (SSSR count). The van der Waals surface area contributed by atoms with E-state index in [1.54, 1.807) is 29.8 Å². The van der Waals surface area contributed by atoms with Gasteiger partial charge in [-0.2, -0.15) is 4.99 Å². The first-order chi connectivity index (χ1) is 11.6. The summed E-state index contributed by atoms with van der Waals surface area (Å²) in [6, 6.07) is 2.79. The summed E-state index contributed by atoms with van der Waals surface area (Å²) >= 11 is 2.71. The highest BCUT2D eigenvalue weighted by Crippen LogP contribution is 2.27. The molecule has 1 aromatic heterocycles. The molecule has 0 radical (unpaired) electrons. The SMILES string of the molecule is CSc1ncccc1C(=O)NCCN1C(=O)N=C2C=CSC2C1=O. The van der Waals surface area contributed by atoms with Gasteiger partial charge in [-0.25, -0.2) is 9.78 Å². The van der Waals surface area contributed by atoms with Crippen LogP contribution in [0.2, 0.25) is 0 Å². The summed E-state index contributed by atoms with van der Waals surface area (Å²) in [5, 5.41) is 4.65. The van der Waals surface area contributed by atoms with Crippen LogP contribution in [0.1, 0.15) is 10.4 Å². The molecule has 2 aliphatic rings. The van der Waals surface area contributed by atoms with Crippen molar-refractivity contribution in [3.05, 3.63) is 35.4 Å². The molecule has 4 amide bonds. The summed E-state index contributed by atoms with van der Waals surface area (Å²) in [6.45, 7) is 0.251. The highest BCUT2D eigenvalue weighted by molar-refractivity contribution is 8.04. The summed E-state index contributed by atoms with van der Waals surface area (Å²) in [4.78, 5) is 45.6. The lowest BCUT2D eigenvalue weighted by atomic mass is 10.2. The van der Waals surface area contributed by atoms with Crippen LogP contribution in [0.3, 0.4) is 0 Å². The van der Waals surface area contributed by atoms with E-state index in [0.717, 1.165) is 4.90 Å². The topological polar surface area (TPSA) is 91.7 Å². The number of aromatic nitrogens is 1. The third-order valence-corrected chi connectivity index (χ3v) is 5.22. The van der Waals surface area contributed by atoms with E-state index in [9.17, 15) is 14.4 Å². The Morgan fingerprint density at radius 3 is 3.08 bits per heavy atom. The molecule has 0 fully saturated rings. The Hall–Kier alpha value is -2.13. The van der Waals surface area contributed by atoms with E-state index < -0.39 is 11.3 Å². The number of carbonyl (C=O) groups is 3. The van der Waals surface area contributed by atoms with Crippen LogP contribution in [0, 0.1) is 0 Å². The van der Waals surface area contributed by atoms with Gasteiger partial charge in [-0.1, -0.05) is 0 Å². The monoisotopic (exact) mass is 362 g/mol. The van der Waals surface area contributed by atoms with E-state index in [1.807, 2.05) is 6.26 Å². The number of nitrogens with zero attached hydrogens (tertiary/aromatic N) is 3. The van der Waals surface area contributed by atoms with Gasteiger partial charge in [-0.15, -0.1) is 23.5 Å². The van der Waals surface area contributed by atoms with E-state index in [2.05, 4.69) is 15.3 Å². The van der Waals surface area contributed by atoms with Gasteiger partial charge in [0.05, 0.1) is 11.3 Å². The molecular formula is C15H14N4O3S2. The van der Waals surface area contributed by atoms with Crippen LogP contribution < -0.4 is 5.32 Å². The number of carbonyl (C=O) groups excluding carboxylic acids is 3. The molecule has 24 heavy (non-hydrogen) atoms. The van der Waals surface area contributed by atoms with Crippen LogP contribution >= 0.6 is 23.5 Å². The van der Waals surface area contributed by atoms with Crippen molar-refractivity contribution in [2.75, 3.05) is 19.3 Å². The van der Waals surface area contributed by atoms with Gasteiger partial charge in [0.2, 0.25) is 5.91 Å². The zero-order valence-corrected chi connectivity index (χ0v) is 14.4. The summed E-state index contributed by atoms with van der Waals surface area (Å²) < 4.78 is 0. The number of urea groups is 1. The lowest BCUT2D eigenvalue weighted by Gasteiger charge is -2.25. The molecule has 1 atom stereocenters. The lowest BCUT2D eigenvalue weighted by molar-refractivity contribution is -0.126. The average molecular weight is 362 g/mol. The lowest BCUT2D eigenvalue weighted by Crippen LogP contribution is -2.49. The first kappa shape index (κ1) is 16.7. The van der Waals surface area contributed by atoms with Gasteiger partial charge in [-0.3, -0.25) is 14.5 Å². The van der Waals surface area contributed by atoms with Crippen molar-refractivity contribution in [3.8, 4) is 0 Å². The molecule has 1 N–H and O–H groups in total. The standard InChI is InChI=1S/C15H14N4O3S2/c1-23-13-9(3-2-5-17-13)12(20)16-6-7-19-14(21)11-10(4-8-24-11)18-15(19)22/h2-5,8,11H,6-7H2,1H3,(H,16,20). The van der Waals surface area contributed by atoms with E-state index in [0.29, 0.717) is 16.3 Å². The molecule has 0 saturated heterocycles. The van der Waals surface area contributed by atoms with Crippen LogP contribution in [0.25, 0.3) is 0 Å². The summed E-state index contributed by atoms with van der Waals surface area (Å²) in [5.41, 5.74) is 0.965. The summed E-state index contributed by atoms with van der Waals surface area (Å²) in [6.07, 6.45) is 5.14. The van der Waals surface area contributed by atoms with Crippen molar-refractivity contribution < 1.29 is 14.4 Å². The van der Waals surface area contributed by atoms with Crippen molar-refractivity contribution in [1.82, 2.24) is 15.2 Å². The van der Waals surface area contributed by atoms with E-state index in [4.69, 9.17) is 0 Å². The Bertz CT molecular complexity index is 763. The molecular weight excluding hydrogens is 348 g/mol. The number of nitrogens with one attached hydrogen (secondary N) is 1. The maximum atomic E-state index is 12.3. The Kier molecular flexibility index (Phi) is 5.00. The second-order valence-electron chi connectivity index (χ2n) is 4.94. The summed E-state index contributed by atoms with van der Waals surface area (Å²) in [7, 11) is 0. The van der Waals surface area contributed by atoms with Crippen LogP contribution in [-0.2, 0) is 4.79 Å². The number of pyridine rings is 1. The number of allylic oxidation sites excluding steroid dienone is 1. The molecule has 0 saturated carbocycles. The third-order valence-electron chi connectivity index (χ3n) is 3.50. The smallest absolute Gasteiger partial charge is 0.350 e. The van der Waals surface area contributed by atoms with Gasteiger partial charge in [-0.05, 0) is 29.9 Å². The van der Waals surface area contributed by atoms with E-state index in [-0.39, 0.29) is 24.9 Å². The fourth-order valence-electron chi connectivity index (χ4n) is 2.34. The molecule has 7 nitrogen and oxygen atoms in total. The minimum absolute atomic E-state index is 0.0894. The highest BCUT2D eigenvalue weighted by Gasteiger charge is 2.38. The zero-order valence-electron chi connectivity index (χ0n) is 12.8. The minimum Gasteiger partial charge on any atom is -0.350 e. The Balaban J connectivity index is 1.60. The average Bonchev–Trinajstić information content (AvgIpc) is 3.06. The van der Waals surface area contributed by atoms with Gasteiger partial charge in [0.1, 0.15) is 10.3 Å². The van der Waals surface area contributed by atoms with Gasteiger partial charge in [0, 0.05) is 19.3 Å². The number of hydrogen-bond acceptors (Lipinski definition) is 6. The van der Waals surface area contributed by atoms with Crippen LogP contribution in [-0.4, -0.2) is 58.0 Å². The number of hydrogen-bond donors (Lipinski definition) is 1. The number of aliphatic imine (C=N–C) groups is 1. The number of thioether (sulfide) groups is 2. The number of imide groups is 1. The minimum atomic E-state index is -0.584. The number of amides is 4. The Morgan fingerprint density at radius 2 is 2.29 bits per heavy atom. The largest absolute Gasteiger partial charge is 0.350 e. The predicted molar refractivity (Wildman–Crippen MR) is 93.4 cm³/mol. The van der Waals surface area contributed by atoms with Gasteiger partial charge in [0.25, 0.3) is 5.91 Å². The van der Waals surface area contributed by atoms with Crippen molar-refractivity contribution in [3.63, 3.8) is 0 Å². The molecule has 1 unspecified atom stereocenters. The normalized spacial score (nSPS) is 19.3. The second kappa shape index (κ2) is 7.18. The van der Waals surface area contributed by atoms with Crippen LogP contribution in [0.5, 0.6) is 0 Å². The molecule has 3 heterocycles. The molecule has 2 aliphatic heterocycles. The molecule has 0 aliphatic carbocycles. The number of fused-ring (bicyclic) bond motifs is 1. The quantitative estimate of drug-likeness (QED) is 0.800. The van der Waals surface area contributed by atoms with Crippen LogP contribution in [0.4, 0.5) is 4.79 Å².